The van der Waals surface area contributed by atoms with Crippen LogP contribution in [0.2, 0.25) is 0 Å². The fourth-order valence-electron chi connectivity index (χ4n) is 1.46. The third-order valence-corrected chi connectivity index (χ3v) is 2.36. The summed E-state index contributed by atoms with van der Waals surface area (Å²) in [6, 6.07) is 5.42. The van der Waals surface area contributed by atoms with Crippen LogP contribution in [0.3, 0.4) is 0 Å². The van der Waals surface area contributed by atoms with Crippen molar-refractivity contribution in [3.05, 3.63) is 23.8 Å². The Morgan fingerprint density at radius 3 is 2.61 bits per heavy atom. The number of nitrogens with two attached hydrogens (primary N) is 1. The molecule has 0 saturated carbocycles. The molecule has 0 fully saturated rings. The molecular formula is C12H19N3O3. The fourth-order valence-corrected chi connectivity index (χ4v) is 1.46. The van der Waals surface area contributed by atoms with Crippen molar-refractivity contribution in [3.63, 3.8) is 0 Å². The van der Waals surface area contributed by atoms with Gasteiger partial charge in [-0.3, -0.25) is 4.99 Å². The van der Waals surface area contributed by atoms with Gasteiger partial charge < -0.3 is 19.6 Å². The molecule has 0 radical (unpaired) electrons. The zero-order valence-corrected chi connectivity index (χ0v) is 10.9. The number of amidine groups is 1. The maximum atomic E-state index is 5.48. The van der Waals surface area contributed by atoms with E-state index in [-0.39, 0.29) is 0 Å². The van der Waals surface area contributed by atoms with Gasteiger partial charge in [0.25, 0.3) is 0 Å². The molecule has 1 aromatic carbocycles. The van der Waals surface area contributed by atoms with Crippen LogP contribution in [0.5, 0.6) is 11.5 Å². The first-order valence-electron chi connectivity index (χ1n) is 5.49. The van der Waals surface area contributed by atoms with Crippen molar-refractivity contribution in [3.8, 4) is 11.5 Å². The lowest BCUT2D eigenvalue weighted by Crippen LogP contribution is -2.32. The lowest BCUT2D eigenvalue weighted by Gasteiger charge is -2.12. The second-order valence-electron chi connectivity index (χ2n) is 3.43. The van der Waals surface area contributed by atoms with Gasteiger partial charge >= 0.3 is 0 Å². The quantitative estimate of drug-likeness (QED) is 0.255. The van der Waals surface area contributed by atoms with Gasteiger partial charge in [-0.15, -0.1) is 0 Å². The smallest absolute Gasteiger partial charge is 0.146 e. The molecule has 100 valence electrons. The minimum absolute atomic E-state index is 0.510. The number of hydrogen-bond donors (Lipinski definition) is 2. The van der Waals surface area contributed by atoms with E-state index >= 15 is 0 Å². The highest BCUT2D eigenvalue weighted by Gasteiger charge is 2.10. The van der Waals surface area contributed by atoms with Crippen LogP contribution in [0, 0.1) is 0 Å². The molecule has 0 aliphatic carbocycles. The monoisotopic (exact) mass is 253 g/mol. The second-order valence-corrected chi connectivity index (χ2v) is 3.43. The number of aliphatic imine (C=N–C) groups is 1. The van der Waals surface area contributed by atoms with E-state index in [0.29, 0.717) is 30.5 Å². The lowest BCUT2D eigenvalue weighted by atomic mass is 10.1. The summed E-state index contributed by atoms with van der Waals surface area (Å²) >= 11 is 0. The minimum atomic E-state index is 0.510. The summed E-state index contributed by atoms with van der Waals surface area (Å²) in [7, 11) is 4.81. The Morgan fingerprint density at radius 1 is 1.28 bits per heavy atom. The molecule has 0 heterocycles. The third kappa shape index (κ3) is 3.61. The van der Waals surface area contributed by atoms with Gasteiger partial charge in [-0.1, -0.05) is 0 Å². The molecule has 0 aliphatic rings. The summed E-state index contributed by atoms with van der Waals surface area (Å²) in [5, 5.41) is 0. The van der Waals surface area contributed by atoms with Crippen molar-refractivity contribution in [2.45, 2.75) is 0 Å². The molecule has 0 bridgehead atoms. The number of nitrogens with one attached hydrogen (secondary N) is 1. The van der Waals surface area contributed by atoms with Crippen LogP contribution in [-0.4, -0.2) is 40.3 Å². The van der Waals surface area contributed by atoms with Crippen LogP contribution in [0.15, 0.2) is 23.2 Å². The van der Waals surface area contributed by atoms with Crippen molar-refractivity contribution < 1.29 is 14.2 Å². The predicted octanol–water partition coefficient (Wildman–Crippen LogP) is 0.560. The summed E-state index contributed by atoms with van der Waals surface area (Å²) < 4.78 is 15.4. The van der Waals surface area contributed by atoms with E-state index in [1.54, 1.807) is 27.4 Å². The summed E-state index contributed by atoms with van der Waals surface area (Å²) in [6.07, 6.45) is 0. The Labute approximate surface area is 107 Å². The second kappa shape index (κ2) is 7.52. The minimum Gasteiger partial charge on any atom is -0.497 e. The maximum Gasteiger partial charge on any atom is 0.146 e. The zero-order valence-electron chi connectivity index (χ0n) is 10.9. The molecule has 0 amide bonds. The van der Waals surface area contributed by atoms with Gasteiger partial charge in [0.1, 0.15) is 17.3 Å². The highest BCUT2D eigenvalue weighted by Crippen LogP contribution is 2.23. The number of ether oxygens (including phenoxy) is 3. The molecule has 18 heavy (non-hydrogen) atoms. The molecule has 6 nitrogen and oxygen atoms in total. The first-order valence-corrected chi connectivity index (χ1v) is 5.49. The molecule has 0 aromatic heterocycles. The number of nitrogens with zero attached hydrogens (tertiary/aromatic N) is 1. The molecule has 3 N–H and O–H groups in total. The highest BCUT2D eigenvalue weighted by molar-refractivity contribution is 6.01. The average Bonchev–Trinajstić information content (AvgIpc) is 2.43. The lowest BCUT2D eigenvalue weighted by molar-refractivity contribution is 0.208. The molecular weight excluding hydrogens is 234 g/mol. The third-order valence-electron chi connectivity index (χ3n) is 2.36. The number of benzene rings is 1. The maximum absolute atomic E-state index is 5.48. The topological polar surface area (TPSA) is 78.1 Å². The molecule has 0 saturated heterocycles. The van der Waals surface area contributed by atoms with Crippen LogP contribution < -0.4 is 20.7 Å². The summed E-state index contributed by atoms with van der Waals surface area (Å²) in [4.78, 5) is 4.31. The SMILES string of the molecule is COCCN=C(NN)c1cc(OC)ccc1OC. The van der Waals surface area contributed by atoms with Crippen LogP contribution in [0.25, 0.3) is 0 Å². The van der Waals surface area contributed by atoms with Gasteiger partial charge in [0, 0.05) is 7.11 Å². The van der Waals surface area contributed by atoms with E-state index in [2.05, 4.69) is 10.4 Å². The van der Waals surface area contributed by atoms with E-state index in [4.69, 9.17) is 20.1 Å². The normalized spacial score (nSPS) is 11.2. The van der Waals surface area contributed by atoms with E-state index in [0.717, 1.165) is 5.56 Å². The van der Waals surface area contributed by atoms with Crippen LogP contribution >= 0.6 is 0 Å². The van der Waals surface area contributed by atoms with Crippen LogP contribution in [0.4, 0.5) is 0 Å². The molecule has 0 aliphatic heterocycles. The highest BCUT2D eigenvalue weighted by atomic mass is 16.5. The summed E-state index contributed by atoms with van der Waals surface area (Å²) in [5.74, 6) is 7.39. The van der Waals surface area contributed by atoms with Crippen molar-refractivity contribution in [2.24, 2.45) is 10.8 Å². The number of hydrogen-bond acceptors (Lipinski definition) is 5. The van der Waals surface area contributed by atoms with Gasteiger partial charge in [0.2, 0.25) is 0 Å². The Balaban J connectivity index is 3.05. The van der Waals surface area contributed by atoms with E-state index in [1.165, 1.54) is 0 Å². The molecule has 0 atom stereocenters. The fraction of sp³-hybridized carbons (Fsp3) is 0.417. The first kappa shape index (κ1) is 14.3. The van der Waals surface area contributed by atoms with E-state index < -0.39 is 0 Å². The van der Waals surface area contributed by atoms with Gasteiger partial charge in [0.05, 0.1) is 32.9 Å². The van der Waals surface area contributed by atoms with Crippen LogP contribution in [-0.2, 0) is 4.74 Å². The van der Waals surface area contributed by atoms with Crippen molar-refractivity contribution in [1.82, 2.24) is 5.43 Å². The van der Waals surface area contributed by atoms with Crippen LogP contribution in [0.1, 0.15) is 5.56 Å². The standard InChI is InChI=1S/C12H19N3O3/c1-16-7-6-14-12(15-13)10-8-9(17-2)4-5-11(10)18-3/h4-5,8H,6-7,13H2,1-3H3,(H,14,15). The largest absolute Gasteiger partial charge is 0.497 e. The summed E-state index contributed by atoms with van der Waals surface area (Å²) in [6.45, 7) is 1.04. The Kier molecular flexibility index (Phi) is 5.96. The van der Waals surface area contributed by atoms with Crippen molar-refractivity contribution in [2.75, 3.05) is 34.5 Å². The van der Waals surface area contributed by atoms with Gasteiger partial charge in [-0.25, -0.2) is 5.84 Å². The molecule has 0 spiro atoms. The predicted molar refractivity (Wildman–Crippen MR) is 70.1 cm³/mol. The molecule has 1 rings (SSSR count). The molecule has 6 heteroatoms. The van der Waals surface area contributed by atoms with E-state index in [9.17, 15) is 0 Å². The van der Waals surface area contributed by atoms with Crippen molar-refractivity contribution in [1.29, 1.82) is 0 Å². The summed E-state index contributed by atoms with van der Waals surface area (Å²) in [5.41, 5.74) is 3.31. The number of rotatable bonds is 6. The zero-order chi connectivity index (χ0) is 13.4. The number of hydrazine groups is 1. The molecule has 1 aromatic rings. The van der Waals surface area contributed by atoms with Gasteiger partial charge in [-0.05, 0) is 18.2 Å². The van der Waals surface area contributed by atoms with E-state index in [1.807, 2.05) is 12.1 Å². The average molecular weight is 253 g/mol. The molecule has 0 unspecified atom stereocenters. The first-order chi connectivity index (χ1) is 8.76. The Bertz CT molecular complexity index is 408. The number of methoxy groups -OCH3 is 3. The Morgan fingerprint density at radius 2 is 2.06 bits per heavy atom. The van der Waals surface area contributed by atoms with Crippen molar-refractivity contribution >= 4 is 5.84 Å². The van der Waals surface area contributed by atoms with Gasteiger partial charge in [0.15, 0.2) is 0 Å². The Hall–Kier alpha value is -1.79. The van der Waals surface area contributed by atoms with Gasteiger partial charge in [-0.2, -0.15) is 0 Å².